The highest BCUT2D eigenvalue weighted by atomic mass is 31.2. The molecule has 0 amide bonds. The number of esters is 1. The lowest BCUT2D eigenvalue weighted by Crippen LogP contribution is -2.08. The van der Waals surface area contributed by atoms with Crippen molar-refractivity contribution in [2.75, 3.05) is 13.2 Å². The van der Waals surface area contributed by atoms with E-state index in [1.54, 1.807) is 6.92 Å². The van der Waals surface area contributed by atoms with Gasteiger partial charge in [-0.15, -0.1) is 0 Å². The molecule has 15 heavy (non-hydrogen) atoms. The summed E-state index contributed by atoms with van der Waals surface area (Å²) in [5, 5.41) is 0. The van der Waals surface area contributed by atoms with Gasteiger partial charge in [-0.2, -0.15) is 0 Å². The van der Waals surface area contributed by atoms with Gasteiger partial charge in [0.05, 0.1) is 6.61 Å². The first kappa shape index (κ1) is 17.1. The van der Waals surface area contributed by atoms with Crippen molar-refractivity contribution >= 4 is 23.3 Å². The van der Waals surface area contributed by atoms with E-state index in [0.717, 1.165) is 0 Å². The van der Waals surface area contributed by atoms with Crippen molar-refractivity contribution < 1.29 is 33.3 Å². The van der Waals surface area contributed by atoms with Crippen LogP contribution in [0.1, 0.15) is 6.92 Å². The Hall–Kier alpha value is -0.290. The topological polar surface area (TPSA) is 113 Å². The van der Waals surface area contributed by atoms with Crippen LogP contribution < -0.4 is 0 Å². The second-order valence-electron chi connectivity index (χ2n) is 2.30. The molecule has 9 heteroatoms. The van der Waals surface area contributed by atoms with Gasteiger partial charge in [0.2, 0.25) is 0 Å². The molecule has 1 atom stereocenters. The molecule has 0 aliphatic carbocycles. The Balaban J connectivity index is 0. The van der Waals surface area contributed by atoms with E-state index < -0.39 is 7.82 Å². The maximum atomic E-state index is 10.6. The van der Waals surface area contributed by atoms with Gasteiger partial charge < -0.3 is 23.9 Å². The molecule has 0 aliphatic rings. The van der Waals surface area contributed by atoms with E-state index in [0.29, 0.717) is 12.2 Å². The van der Waals surface area contributed by atoms with Crippen LogP contribution in [0.5, 0.6) is 0 Å². The van der Waals surface area contributed by atoms with Crippen LogP contribution >= 0.6 is 17.3 Å². The summed E-state index contributed by atoms with van der Waals surface area (Å²) in [6.45, 7) is 5.68. The monoisotopic (exact) mass is 260 g/mol. The Morgan fingerprint density at radius 2 is 1.80 bits per heavy atom. The molecule has 0 fully saturated rings. The summed E-state index contributed by atoms with van der Waals surface area (Å²) in [6, 6.07) is 0. The van der Waals surface area contributed by atoms with Crippen LogP contribution in [0.25, 0.3) is 0 Å². The third-order valence-electron chi connectivity index (χ3n) is 0.783. The number of ether oxygens (including phenoxy) is 1. The summed E-state index contributed by atoms with van der Waals surface area (Å²) in [5.41, 5.74) is 0.406. The van der Waals surface area contributed by atoms with Crippen molar-refractivity contribution in [3.63, 3.8) is 0 Å². The third kappa shape index (κ3) is 24.8. The molecule has 0 saturated carbocycles. The zero-order valence-electron chi connectivity index (χ0n) is 8.12. The Morgan fingerprint density at radius 3 is 2.07 bits per heavy atom. The lowest BCUT2D eigenvalue weighted by atomic mass is 10.4. The maximum Gasteiger partial charge on any atom is 0.466 e. The van der Waals surface area contributed by atoms with Gasteiger partial charge in [-0.25, -0.2) is 9.36 Å². The highest BCUT2D eigenvalue weighted by Gasteiger charge is 2.00. The molecule has 0 heterocycles. The SMILES string of the molecule is C=C(C)C(=O)OCCOP.O=P(O)(O)O. The third-order valence-corrected chi connectivity index (χ3v) is 1.02. The van der Waals surface area contributed by atoms with Crippen LogP contribution in [0.2, 0.25) is 0 Å². The van der Waals surface area contributed by atoms with Gasteiger partial charge in [0, 0.05) is 15.0 Å². The minimum absolute atomic E-state index is 0.273. The Kier molecular flexibility index (Phi) is 10.2. The van der Waals surface area contributed by atoms with E-state index in [-0.39, 0.29) is 12.6 Å². The van der Waals surface area contributed by atoms with Gasteiger partial charge in [-0.1, -0.05) is 6.58 Å². The predicted molar refractivity (Wildman–Crippen MR) is 55.7 cm³/mol. The molecule has 0 bridgehead atoms. The second-order valence-corrected chi connectivity index (χ2v) is 3.66. The van der Waals surface area contributed by atoms with Crippen molar-refractivity contribution in [2.24, 2.45) is 0 Å². The summed E-state index contributed by atoms with van der Waals surface area (Å²) in [5.74, 6) is -0.373. The van der Waals surface area contributed by atoms with Gasteiger partial charge in [-0.3, -0.25) is 0 Å². The fraction of sp³-hybridized carbons (Fsp3) is 0.500. The molecule has 0 aromatic heterocycles. The van der Waals surface area contributed by atoms with Crippen molar-refractivity contribution in [3.05, 3.63) is 12.2 Å². The van der Waals surface area contributed by atoms with E-state index in [1.807, 2.05) is 0 Å². The quantitative estimate of drug-likeness (QED) is 0.282. The smallest absolute Gasteiger partial charge is 0.460 e. The first-order valence-corrected chi connectivity index (χ1v) is 5.64. The van der Waals surface area contributed by atoms with E-state index in [1.165, 1.54) is 0 Å². The van der Waals surface area contributed by atoms with Gasteiger partial charge in [0.25, 0.3) is 0 Å². The van der Waals surface area contributed by atoms with Crippen LogP contribution in [0.3, 0.4) is 0 Å². The zero-order chi connectivity index (χ0) is 12.5. The molecular weight excluding hydrogens is 246 g/mol. The molecule has 0 aliphatic heterocycles. The molecule has 3 N–H and O–H groups in total. The van der Waals surface area contributed by atoms with E-state index in [4.69, 9.17) is 19.2 Å². The zero-order valence-corrected chi connectivity index (χ0v) is 10.2. The predicted octanol–water partition coefficient (Wildman–Crippen LogP) is -0.0162. The van der Waals surface area contributed by atoms with Crippen molar-refractivity contribution in [3.8, 4) is 0 Å². The van der Waals surface area contributed by atoms with Crippen LogP contribution in [0.4, 0.5) is 0 Å². The Bertz CT molecular complexity index is 238. The van der Waals surface area contributed by atoms with Gasteiger partial charge in [0.1, 0.15) is 6.61 Å². The van der Waals surface area contributed by atoms with Crippen molar-refractivity contribution in [1.82, 2.24) is 0 Å². The number of carbonyl (C=O) groups excluding carboxylic acids is 1. The van der Waals surface area contributed by atoms with E-state index in [9.17, 15) is 4.79 Å². The van der Waals surface area contributed by atoms with Gasteiger partial charge in [-0.05, 0) is 6.92 Å². The summed E-state index contributed by atoms with van der Waals surface area (Å²) in [6.07, 6.45) is 0. The minimum atomic E-state index is -4.64. The highest BCUT2D eigenvalue weighted by Crippen LogP contribution is 2.25. The standard InChI is InChI=1S/C6H11O3P.H3O4P/c1-5(2)6(7)8-3-4-9-10;1-5(2,3)4/h1,3-4,10H2,2H3;(H3,1,2,3,4). The molecule has 0 aromatic carbocycles. The number of rotatable bonds is 4. The molecule has 0 spiro atoms. The molecule has 0 aromatic rings. The van der Waals surface area contributed by atoms with Crippen LogP contribution in [-0.2, 0) is 18.6 Å². The molecule has 0 radical (unpaired) electrons. The lowest BCUT2D eigenvalue weighted by molar-refractivity contribution is -0.139. The van der Waals surface area contributed by atoms with E-state index >= 15 is 0 Å². The number of hydrogen-bond donors (Lipinski definition) is 3. The minimum Gasteiger partial charge on any atom is -0.460 e. The fourth-order valence-corrected chi connectivity index (χ4v) is 0.402. The van der Waals surface area contributed by atoms with Crippen LogP contribution in [0.15, 0.2) is 12.2 Å². The number of phosphoric acid groups is 1. The second kappa shape index (κ2) is 8.97. The summed E-state index contributed by atoms with van der Waals surface area (Å²) >= 11 is 0. The van der Waals surface area contributed by atoms with Crippen LogP contribution in [-0.4, -0.2) is 33.9 Å². The average Bonchev–Trinajstić information content (AvgIpc) is 2.01. The first-order chi connectivity index (χ1) is 6.68. The molecule has 7 nitrogen and oxygen atoms in total. The Morgan fingerprint density at radius 1 is 1.40 bits per heavy atom. The summed E-state index contributed by atoms with van der Waals surface area (Å²) in [7, 11) is -2.57. The Labute approximate surface area is 89.6 Å². The van der Waals surface area contributed by atoms with Gasteiger partial charge in [0.15, 0.2) is 0 Å². The van der Waals surface area contributed by atoms with Gasteiger partial charge >= 0.3 is 13.8 Å². The first-order valence-electron chi connectivity index (χ1n) is 3.61. The highest BCUT2D eigenvalue weighted by molar-refractivity contribution is 7.45. The lowest BCUT2D eigenvalue weighted by Gasteiger charge is -2.01. The summed E-state index contributed by atoms with van der Waals surface area (Å²) in [4.78, 5) is 32.2. The summed E-state index contributed by atoms with van der Waals surface area (Å²) < 4.78 is 18.1. The molecular formula is C6H14O7P2. The number of carbonyl (C=O) groups is 1. The number of hydrogen-bond acceptors (Lipinski definition) is 4. The molecule has 0 rings (SSSR count). The van der Waals surface area contributed by atoms with Crippen molar-refractivity contribution in [2.45, 2.75) is 6.92 Å². The maximum absolute atomic E-state index is 10.6. The molecule has 0 saturated heterocycles. The molecule has 90 valence electrons. The fourth-order valence-electron chi connectivity index (χ4n) is 0.306. The van der Waals surface area contributed by atoms with Crippen molar-refractivity contribution in [1.29, 1.82) is 0 Å². The normalized spacial score (nSPS) is 9.93. The van der Waals surface area contributed by atoms with Crippen LogP contribution in [0, 0.1) is 0 Å². The largest absolute Gasteiger partial charge is 0.466 e. The molecule has 1 unspecified atom stereocenters. The van der Waals surface area contributed by atoms with E-state index in [2.05, 4.69) is 25.3 Å². The average molecular weight is 260 g/mol.